The summed E-state index contributed by atoms with van der Waals surface area (Å²) in [5.41, 5.74) is -0.187. The van der Waals surface area contributed by atoms with Crippen LogP contribution < -0.4 is 9.47 Å². The van der Waals surface area contributed by atoms with Crippen molar-refractivity contribution in [2.45, 2.75) is 12.0 Å². The molecule has 0 saturated carbocycles. The molecule has 2 rings (SSSR count). The third-order valence-corrected chi connectivity index (χ3v) is 3.77. The van der Waals surface area contributed by atoms with Crippen molar-refractivity contribution in [3.8, 4) is 17.6 Å². The Balaban J connectivity index is 2.41. The van der Waals surface area contributed by atoms with Crippen LogP contribution in [0.5, 0.6) is 11.5 Å². The Hall–Kier alpha value is -3.20. The van der Waals surface area contributed by atoms with Crippen molar-refractivity contribution in [1.29, 1.82) is 5.26 Å². The van der Waals surface area contributed by atoms with Crippen molar-refractivity contribution in [2.24, 2.45) is 0 Å². The Morgan fingerprint density at radius 3 is 1.92 bits per heavy atom. The van der Waals surface area contributed by atoms with E-state index in [1.54, 1.807) is 50.6 Å². The van der Waals surface area contributed by atoms with Crippen LogP contribution in [0.25, 0.3) is 0 Å². The van der Waals surface area contributed by atoms with Gasteiger partial charge in [0.25, 0.3) is 0 Å². The molecule has 0 amide bonds. The first-order chi connectivity index (χ1) is 12.1. The van der Waals surface area contributed by atoms with E-state index < -0.39 is 11.8 Å². The summed E-state index contributed by atoms with van der Waals surface area (Å²) in [6.45, 7) is 0. The maximum absolute atomic E-state index is 11.7. The number of rotatable bonds is 6. The van der Waals surface area contributed by atoms with E-state index in [4.69, 9.17) is 14.2 Å². The van der Waals surface area contributed by atoms with Gasteiger partial charge < -0.3 is 18.9 Å². The monoisotopic (exact) mass is 341 g/mol. The molecule has 0 fully saturated rings. The quantitative estimate of drug-likeness (QED) is 0.749. The van der Waals surface area contributed by atoms with Gasteiger partial charge in [-0.25, -0.2) is 4.79 Å². The van der Waals surface area contributed by atoms with Crippen molar-refractivity contribution in [1.82, 2.24) is 0 Å². The molecular weight excluding hydrogens is 322 g/mol. The minimum Gasteiger partial charge on any atom is -0.497 e. The summed E-state index contributed by atoms with van der Waals surface area (Å²) >= 11 is 0. The molecule has 2 aromatic rings. The zero-order chi connectivity index (χ0) is 18.3. The van der Waals surface area contributed by atoms with Gasteiger partial charge in [-0.2, -0.15) is 5.26 Å². The second-order valence-corrected chi connectivity index (χ2v) is 5.25. The Labute approximate surface area is 146 Å². The molecule has 1 atom stereocenters. The average molecular weight is 341 g/mol. The highest BCUT2D eigenvalue weighted by Crippen LogP contribution is 2.32. The Morgan fingerprint density at radius 2 is 1.48 bits per heavy atom. The lowest BCUT2D eigenvalue weighted by atomic mass is 9.88. The lowest BCUT2D eigenvalue weighted by molar-refractivity contribution is 0.000961. The van der Waals surface area contributed by atoms with Gasteiger partial charge in [0.2, 0.25) is 5.60 Å². The molecule has 2 aromatic carbocycles. The molecule has 0 N–H and O–H groups in total. The van der Waals surface area contributed by atoms with E-state index in [1.807, 2.05) is 12.1 Å². The normalized spacial score (nSPS) is 12.4. The summed E-state index contributed by atoms with van der Waals surface area (Å²) in [7, 11) is 4.33. The minimum atomic E-state index is -1.52. The summed E-state index contributed by atoms with van der Waals surface area (Å²) in [5, 5.41) is 9.82. The number of hydrogen-bond acceptors (Lipinski definition) is 6. The van der Waals surface area contributed by atoms with Crippen molar-refractivity contribution < 1.29 is 23.7 Å². The number of nitrogens with zero attached hydrogens (tertiary/aromatic N) is 1. The molecule has 0 aliphatic rings. The summed E-state index contributed by atoms with van der Waals surface area (Å²) < 4.78 is 20.2. The summed E-state index contributed by atoms with van der Waals surface area (Å²) in [6, 6.07) is 16.1. The molecule has 0 heterocycles. The predicted molar refractivity (Wildman–Crippen MR) is 90.5 cm³/mol. The highest BCUT2D eigenvalue weighted by atomic mass is 16.7. The summed E-state index contributed by atoms with van der Waals surface area (Å²) in [5.74, 6) is 1.34. The maximum Gasteiger partial charge on any atom is 0.509 e. The van der Waals surface area contributed by atoms with Gasteiger partial charge >= 0.3 is 6.16 Å². The first kappa shape index (κ1) is 18.1. The fourth-order valence-electron chi connectivity index (χ4n) is 2.40. The van der Waals surface area contributed by atoms with Crippen molar-refractivity contribution in [3.05, 3.63) is 59.7 Å². The molecule has 1 unspecified atom stereocenters. The van der Waals surface area contributed by atoms with Crippen LogP contribution in [-0.4, -0.2) is 27.5 Å². The molecule has 0 aromatic heterocycles. The summed E-state index contributed by atoms with van der Waals surface area (Å²) in [6.07, 6.45) is -0.763. The number of nitriles is 1. The molecule has 6 heteroatoms. The zero-order valence-electron chi connectivity index (χ0n) is 14.3. The van der Waals surface area contributed by atoms with Crippen LogP contribution in [0.3, 0.4) is 0 Å². The van der Waals surface area contributed by atoms with Crippen LogP contribution in [0.1, 0.15) is 11.1 Å². The third kappa shape index (κ3) is 4.21. The van der Waals surface area contributed by atoms with E-state index in [9.17, 15) is 10.1 Å². The number of methoxy groups -OCH3 is 3. The number of carbonyl (C=O) groups is 1. The van der Waals surface area contributed by atoms with Crippen LogP contribution in [-0.2, 0) is 21.5 Å². The molecule has 130 valence electrons. The van der Waals surface area contributed by atoms with Gasteiger partial charge in [-0.05, 0) is 29.8 Å². The van der Waals surface area contributed by atoms with Crippen molar-refractivity contribution in [3.63, 3.8) is 0 Å². The Bertz CT molecular complexity index is 749. The van der Waals surface area contributed by atoms with Gasteiger partial charge in [-0.1, -0.05) is 24.3 Å². The smallest absolute Gasteiger partial charge is 0.497 e. The second-order valence-electron chi connectivity index (χ2n) is 5.25. The lowest BCUT2D eigenvalue weighted by Crippen LogP contribution is -2.33. The van der Waals surface area contributed by atoms with Gasteiger partial charge in [-0.3, -0.25) is 0 Å². The van der Waals surface area contributed by atoms with Gasteiger partial charge in [-0.15, -0.1) is 0 Å². The van der Waals surface area contributed by atoms with E-state index >= 15 is 0 Å². The fourth-order valence-corrected chi connectivity index (χ4v) is 2.40. The Kier molecular flexibility index (Phi) is 5.85. The second kappa shape index (κ2) is 8.06. The van der Waals surface area contributed by atoms with Crippen LogP contribution in [0.15, 0.2) is 48.5 Å². The van der Waals surface area contributed by atoms with Gasteiger partial charge in [0, 0.05) is 12.0 Å². The van der Waals surface area contributed by atoms with Crippen LogP contribution in [0.4, 0.5) is 4.79 Å². The molecule has 6 nitrogen and oxygen atoms in total. The van der Waals surface area contributed by atoms with Crippen LogP contribution in [0, 0.1) is 11.3 Å². The van der Waals surface area contributed by atoms with E-state index in [2.05, 4.69) is 10.8 Å². The van der Waals surface area contributed by atoms with Gasteiger partial charge in [0.1, 0.15) is 17.6 Å². The van der Waals surface area contributed by atoms with Crippen molar-refractivity contribution in [2.75, 3.05) is 21.3 Å². The van der Waals surface area contributed by atoms with E-state index in [0.717, 1.165) is 5.56 Å². The zero-order valence-corrected chi connectivity index (χ0v) is 14.3. The molecule has 0 spiro atoms. The first-order valence-corrected chi connectivity index (χ1v) is 7.52. The summed E-state index contributed by atoms with van der Waals surface area (Å²) in [4.78, 5) is 11.7. The van der Waals surface area contributed by atoms with Gasteiger partial charge in [0.15, 0.2) is 0 Å². The van der Waals surface area contributed by atoms with Gasteiger partial charge in [0.05, 0.1) is 21.3 Å². The standard InChI is InChI=1S/C19H19NO5/c1-22-16-8-4-14(5-9-16)12-19(13-20,25-18(21)24-3)15-6-10-17(23-2)11-7-15/h4-11H,12H2,1-3H3. The topological polar surface area (TPSA) is 77.8 Å². The minimum absolute atomic E-state index is 0.162. The molecule has 25 heavy (non-hydrogen) atoms. The molecule has 0 bridgehead atoms. The average Bonchev–Trinajstić information content (AvgIpc) is 2.67. The van der Waals surface area contributed by atoms with Crippen LogP contribution in [0.2, 0.25) is 0 Å². The third-order valence-electron chi connectivity index (χ3n) is 3.77. The highest BCUT2D eigenvalue weighted by molar-refractivity contribution is 5.61. The molecule has 0 radical (unpaired) electrons. The number of ether oxygens (including phenoxy) is 4. The predicted octanol–water partition coefficient (Wildman–Crippen LogP) is 3.45. The van der Waals surface area contributed by atoms with E-state index in [-0.39, 0.29) is 6.42 Å². The van der Waals surface area contributed by atoms with Crippen molar-refractivity contribution >= 4 is 6.16 Å². The molecule has 0 aliphatic carbocycles. The van der Waals surface area contributed by atoms with Crippen LogP contribution >= 0.6 is 0 Å². The molecule has 0 aliphatic heterocycles. The first-order valence-electron chi connectivity index (χ1n) is 7.52. The Morgan fingerprint density at radius 1 is 0.960 bits per heavy atom. The van der Waals surface area contributed by atoms with E-state index in [1.165, 1.54) is 7.11 Å². The number of benzene rings is 2. The SMILES string of the molecule is COC(=O)OC(C#N)(Cc1ccc(OC)cc1)c1ccc(OC)cc1. The highest BCUT2D eigenvalue weighted by Gasteiger charge is 2.38. The van der Waals surface area contributed by atoms with E-state index in [0.29, 0.717) is 17.1 Å². The largest absolute Gasteiger partial charge is 0.509 e. The number of carbonyl (C=O) groups excluding carboxylic acids is 1. The number of hydrogen-bond donors (Lipinski definition) is 0. The molecule has 0 saturated heterocycles. The fraction of sp³-hybridized carbons (Fsp3) is 0.263. The maximum atomic E-state index is 11.7. The lowest BCUT2D eigenvalue weighted by Gasteiger charge is -2.26. The molecular formula is C19H19NO5.